The zero-order valence-corrected chi connectivity index (χ0v) is 18.3. The van der Waals surface area contributed by atoms with Crippen LogP contribution in [-0.2, 0) is 29.6 Å². The average molecular weight is 422 g/mol. The first kappa shape index (κ1) is 20.8. The van der Waals surface area contributed by atoms with E-state index in [1.807, 2.05) is 38.1 Å². The molecule has 2 N–H and O–H groups in total. The predicted molar refractivity (Wildman–Crippen MR) is 119 cm³/mol. The first-order valence-corrected chi connectivity index (χ1v) is 10.5. The minimum absolute atomic E-state index is 0.0349. The summed E-state index contributed by atoms with van der Waals surface area (Å²) in [6, 6.07) is 7.81. The van der Waals surface area contributed by atoms with Crippen LogP contribution in [-0.4, -0.2) is 33.1 Å². The lowest BCUT2D eigenvalue weighted by molar-refractivity contribution is -0.126. The van der Waals surface area contributed by atoms with Gasteiger partial charge in [-0.25, -0.2) is 4.98 Å². The number of fused-ring (bicyclic) bond motifs is 1. The SMILES string of the molecule is CCc1ccccc1N1C[C@@H](C(=O)NCc2c(C)nc3c(c2C)c(=O)[nH]n3C)CC1=O. The van der Waals surface area contributed by atoms with E-state index in [1.54, 1.807) is 16.6 Å². The van der Waals surface area contributed by atoms with E-state index in [2.05, 4.69) is 22.3 Å². The maximum Gasteiger partial charge on any atom is 0.273 e. The van der Waals surface area contributed by atoms with Gasteiger partial charge < -0.3 is 10.2 Å². The van der Waals surface area contributed by atoms with Crippen molar-refractivity contribution in [3.63, 3.8) is 0 Å². The maximum absolute atomic E-state index is 12.9. The van der Waals surface area contributed by atoms with E-state index < -0.39 is 5.92 Å². The fourth-order valence-electron chi connectivity index (χ4n) is 4.42. The number of hydrogen-bond donors (Lipinski definition) is 2. The molecule has 0 saturated carbocycles. The molecule has 1 fully saturated rings. The van der Waals surface area contributed by atoms with Crippen LogP contribution in [0.15, 0.2) is 29.1 Å². The van der Waals surface area contributed by atoms with E-state index in [0.717, 1.165) is 34.5 Å². The molecular formula is C23H27N5O3. The molecular weight excluding hydrogens is 394 g/mol. The zero-order valence-electron chi connectivity index (χ0n) is 18.3. The summed E-state index contributed by atoms with van der Waals surface area (Å²) in [6.45, 7) is 6.43. The highest BCUT2D eigenvalue weighted by atomic mass is 16.2. The van der Waals surface area contributed by atoms with Crippen LogP contribution in [0.1, 0.15) is 35.7 Å². The number of pyridine rings is 1. The number of carbonyl (C=O) groups excluding carboxylic acids is 2. The van der Waals surface area contributed by atoms with Crippen LogP contribution in [0.5, 0.6) is 0 Å². The predicted octanol–water partition coefficient (Wildman–Crippen LogP) is 2.11. The number of hydrogen-bond acceptors (Lipinski definition) is 4. The summed E-state index contributed by atoms with van der Waals surface area (Å²) < 4.78 is 1.60. The average Bonchev–Trinajstić information content (AvgIpc) is 3.26. The molecule has 4 rings (SSSR count). The number of amides is 2. The van der Waals surface area contributed by atoms with Gasteiger partial charge in [-0.2, -0.15) is 0 Å². The van der Waals surface area contributed by atoms with Crippen LogP contribution in [0.4, 0.5) is 5.69 Å². The molecule has 8 nitrogen and oxygen atoms in total. The number of aryl methyl sites for hydroxylation is 4. The molecule has 0 unspecified atom stereocenters. The maximum atomic E-state index is 12.9. The molecule has 2 aromatic heterocycles. The van der Waals surface area contributed by atoms with Gasteiger partial charge in [-0.15, -0.1) is 0 Å². The quantitative estimate of drug-likeness (QED) is 0.659. The Labute approximate surface area is 180 Å². The largest absolute Gasteiger partial charge is 0.352 e. The topological polar surface area (TPSA) is 100 Å². The monoisotopic (exact) mass is 421 g/mol. The standard InChI is InChI=1S/C23H27N5O3/c1-5-15-8-6-7-9-18(15)28-12-16(10-19(28)29)22(30)24-11-17-13(2)20-21(25-14(17)3)27(4)26-23(20)31/h6-9,16H,5,10-12H2,1-4H3,(H,24,30)(H,26,31)/t16-/m0/s1. The second-order valence-corrected chi connectivity index (χ2v) is 8.10. The van der Waals surface area contributed by atoms with E-state index in [0.29, 0.717) is 17.6 Å². The van der Waals surface area contributed by atoms with Gasteiger partial charge in [0, 0.05) is 37.9 Å². The van der Waals surface area contributed by atoms with E-state index >= 15 is 0 Å². The molecule has 1 atom stereocenters. The fraction of sp³-hybridized carbons (Fsp3) is 0.391. The highest BCUT2D eigenvalue weighted by Crippen LogP contribution is 2.29. The smallest absolute Gasteiger partial charge is 0.273 e. The number of rotatable bonds is 5. The van der Waals surface area contributed by atoms with Crippen molar-refractivity contribution >= 4 is 28.5 Å². The van der Waals surface area contributed by atoms with Crippen LogP contribution in [0, 0.1) is 19.8 Å². The van der Waals surface area contributed by atoms with Gasteiger partial charge in [0.05, 0.1) is 11.3 Å². The van der Waals surface area contributed by atoms with Crippen molar-refractivity contribution < 1.29 is 9.59 Å². The van der Waals surface area contributed by atoms with Gasteiger partial charge in [0.15, 0.2) is 5.65 Å². The first-order chi connectivity index (χ1) is 14.8. The van der Waals surface area contributed by atoms with Crippen molar-refractivity contribution in [3.8, 4) is 0 Å². The first-order valence-electron chi connectivity index (χ1n) is 10.5. The van der Waals surface area contributed by atoms with Crippen molar-refractivity contribution in [2.45, 2.75) is 40.2 Å². The van der Waals surface area contributed by atoms with Crippen LogP contribution < -0.4 is 15.8 Å². The molecule has 3 aromatic rings. The molecule has 3 heterocycles. The number of nitrogens with one attached hydrogen (secondary N) is 2. The Bertz CT molecular complexity index is 1240. The third-order valence-corrected chi connectivity index (χ3v) is 6.17. The summed E-state index contributed by atoms with van der Waals surface area (Å²) >= 11 is 0. The molecule has 162 valence electrons. The summed E-state index contributed by atoms with van der Waals surface area (Å²) in [7, 11) is 1.75. The second kappa shape index (κ2) is 8.02. The molecule has 0 radical (unpaired) electrons. The second-order valence-electron chi connectivity index (χ2n) is 8.10. The van der Waals surface area contributed by atoms with Crippen molar-refractivity contribution in [3.05, 3.63) is 57.0 Å². The minimum atomic E-state index is -0.408. The van der Waals surface area contributed by atoms with Crippen molar-refractivity contribution in [1.29, 1.82) is 0 Å². The third kappa shape index (κ3) is 3.62. The Balaban J connectivity index is 1.51. The highest BCUT2D eigenvalue weighted by molar-refractivity contribution is 6.00. The number of para-hydroxylation sites is 1. The summed E-state index contributed by atoms with van der Waals surface area (Å²) in [6.07, 6.45) is 1.01. The van der Waals surface area contributed by atoms with E-state index in [1.165, 1.54) is 0 Å². The Hall–Kier alpha value is -3.42. The molecule has 2 amide bonds. The number of H-pyrrole nitrogens is 1. The summed E-state index contributed by atoms with van der Waals surface area (Å²) in [5.74, 6) is -0.604. The van der Waals surface area contributed by atoms with Crippen LogP contribution >= 0.6 is 0 Å². The summed E-state index contributed by atoms with van der Waals surface area (Å²) in [5, 5.41) is 6.22. The van der Waals surface area contributed by atoms with Gasteiger partial charge >= 0.3 is 0 Å². The van der Waals surface area contributed by atoms with Gasteiger partial charge in [-0.1, -0.05) is 25.1 Å². The molecule has 8 heteroatoms. The lowest BCUT2D eigenvalue weighted by Gasteiger charge is -2.20. The summed E-state index contributed by atoms with van der Waals surface area (Å²) in [5.41, 5.74) is 4.79. The molecule has 1 aliphatic rings. The van der Waals surface area contributed by atoms with Crippen molar-refractivity contribution in [1.82, 2.24) is 20.1 Å². The van der Waals surface area contributed by atoms with E-state index in [9.17, 15) is 14.4 Å². The van der Waals surface area contributed by atoms with Gasteiger partial charge in [-0.3, -0.25) is 24.2 Å². The number of aromatic nitrogens is 3. The molecule has 0 aliphatic carbocycles. The third-order valence-electron chi connectivity index (χ3n) is 6.17. The molecule has 1 aromatic carbocycles. The number of benzene rings is 1. The highest BCUT2D eigenvalue weighted by Gasteiger charge is 2.35. The summed E-state index contributed by atoms with van der Waals surface area (Å²) in [4.78, 5) is 44.0. The number of aromatic amines is 1. The van der Waals surface area contributed by atoms with Gasteiger partial charge in [0.1, 0.15) is 0 Å². The zero-order chi connectivity index (χ0) is 22.3. The lowest BCUT2D eigenvalue weighted by Crippen LogP contribution is -2.33. The molecule has 0 spiro atoms. The van der Waals surface area contributed by atoms with Crippen LogP contribution in [0.3, 0.4) is 0 Å². The van der Waals surface area contributed by atoms with Crippen LogP contribution in [0.2, 0.25) is 0 Å². The molecule has 31 heavy (non-hydrogen) atoms. The number of carbonyl (C=O) groups is 2. The number of nitrogens with zero attached hydrogens (tertiary/aromatic N) is 3. The van der Waals surface area contributed by atoms with E-state index in [4.69, 9.17) is 0 Å². The minimum Gasteiger partial charge on any atom is -0.352 e. The van der Waals surface area contributed by atoms with Gasteiger partial charge in [0.25, 0.3) is 5.56 Å². The Kier molecular flexibility index (Phi) is 5.39. The molecule has 0 bridgehead atoms. The van der Waals surface area contributed by atoms with E-state index in [-0.39, 0.29) is 30.3 Å². The Morgan fingerprint density at radius 3 is 2.74 bits per heavy atom. The van der Waals surface area contributed by atoms with Gasteiger partial charge in [0.2, 0.25) is 11.8 Å². The molecule has 1 saturated heterocycles. The fourth-order valence-corrected chi connectivity index (χ4v) is 4.42. The van der Waals surface area contributed by atoms with Crippen molar-refractivity contribution in [2.75, 3.05) is 11.4 Å². The normalized spacial score (nSPS) is 16.3. The lowest BCUT2D eigenvalue weighted by atomic mass is 10.0. The van der Waals surface area contributed by atoms with Crippen molar-refractivity contribution in [2.24, 2.45) is 13.0 Å². The van der Waals surface area contributed by atoms with Gasteiger partial charge in [-0.05, 0) is 43.0 Å². The number of anilines is 1. The molecule has 1 aliphatic heterocycles. The Morgan fingerprint density at radius 2 is 2.00 bits per heavy atom. The Morgan fingerprint density at radius 1 is 1.26 bits per heavy atom. The van der Waals surface area contributed by atoms with Crippen LogP contribution in [0.25, 0.3) is 11.0 Å².